The molecule has 2 unspecified atom stereocenters. The van der Waals surface area contributed by atoms with E-state index in [1.165, 1.54) is 6.07 Å². The summed E-state index contributed by atoms with van der Waals surface area (Å²) < 4.78 is 59.4. The van der Waals surface area contributed by atoms with Gasteiger partial charge < -0.3 is 24.9 Å². The van der Waals surface area contributed by atoms with Crippen LogP contribution in [-0.4, -0.2) is 37.1 Å². The Bertz CT molecular complexity index is 1960. The summed E-state index contributed by atoms with van der Waals surface area (Å²) in [5.41, 5.74) is 3.71. The van der Waals surface area contributed by atoms with E-state index in [0.717, 1.165) is 71.2 Å². The third-order valence-electron chi connectivity index (χ3n) is 9.65. The Morgan fingerprint density at radius 3 is 2.49 bits per heavy atom. The molecule has 1 aromatic heterocycles. The minimum absolute atomic E-state index is 0.0558. The van der Waals surface area contributed by atoms with Crippen molar-refractivity contribution in [1.82, 2.24) is 10.3 Å². The number of pyridine rings is 1. The highest BCUT2D eigenvalue weighted by Crippen LogP contribution is 2.42. The molecule has 4 aromatic carbocycles. The molecule has 5 aromatic rings. The van der Waals surface area contributed by atoms with Crippen LogP contribution in [0.5, 0.6) is 17.2 Å². The number of rotatable bonds is 10. The fraction of sp³-hybridized carbons (Fsp3) is 0.300. The Hall–Kier alpha value is -4.89. The standard InChI is InChI=1S/C40H38F3N3O3/c1-26(44)39(31-14-17-35-36(22-31)49-20-19-48-35)23-28(24-46-39)9-6-18-47-32-15-12-29(13-16-32)37-30(21-27-7-3-2-4-8-27)25-45-38-33(37)10-5-11-34(38)40(41,42)43/h2-5,7-8,10-17,22,25,28,44,46H,6,9,18-21,23-24H2,1H3. The summed E-state index contributed by atoms with van der Waals surface area (Å²) in [6.45, 7) is 4.25. The Balaban J connectivity index is 1.03. The average Bonchev–Trinajstić information content (AvgIpc) is 3.56. The summed E-state index contributed by atoms with van der Waals surface area (Å²) in [7, 11) is 0. The number of para-hydroxylation sites is 1. The molecule has 0 aliphatic carbocycles. The van der Waals surface area contributed by atoms with E-state index in [1.807, 2.05) is 79.7 Å². The Labute approximate surface area is 283 Å². The van der Waals surface area contributed by atoms with Crippen LogP contribution in [0, 0.1) is 11.3 Å². The van der Waals surface area contributed by atoms with Gasteiger partial charge in [-0.15, -0.1) is 0 Å². The molecule has 1 fully saturated rings. The van der Waals surface area contributed by atoms with Crippen LogP contribution in [0.25, 0.3) is 22.0 Å². The van der Waals surface area contributed by atoms with Crippen LogP contribution in [-0.2, 0) is 18.1 Å². The maximum atomic E-state index is 13.9. The lowest BCUT2D eigenvalue weighted by atomic mass is 9.81. The Morgan fingerprint density at radius 1 is 0.959 bits per heavy atom. The molecule has 2 aliphatic rings. The minimum Gasteiger partial charge on any atom is -0.494 e. The van der Waals surface area contributed by atoms with Gasteiger partial charge in [-0.05, 0) is 103 Å². The van der Waals surface area contributed by atoms with Gasteiger partial charge in [0.25, 0.3) is 0 Å². The molecule has 3 heterocycles. The first-order chi connectivity index (χ1) is 23.7. The average molecular weight is 666 g/mol. The first-order valence-corrected chi connectivity index (χ1v) is 16.7. The molecule has 2 aliphatic heterocycles. The smallest absolute Gasteiger partial charge is 0.418 e. The number of halogens is 3. The molecule has 9 heteroatoms. The van der Waals surface area contributed by atoms with E-state index in [9.17, 15) is 13.2 Å². The topological polar surface area (TPSA) is 76.5 Å². The van der Waals surface area contributed by atoms with Crippen molar-refractivity contribution >= 4 is 16.6 Å². The maximum Gasteiger partial charge on any atom is 0.418 e. The van der Waals surface area contributed by atoms with Gasteiger partial charge in [0, 0.05) is 17.3 Å². The van der Waals surface area contributed by atoms with E-state index in [0.29, 0.717) is 49.0 Å². The number of nitrogens with one attached hydrogen (secondary N) is 2. The van der Waals surface area contributed by atoms with Crippen molar-refractivity contribution in [2.75, 3.05) is 26.4 Å². The summed E-state index contributed by atoms with van der Waals surface area (Å²) in [5, 5.41) is 12.8. The molecule has 0 spiro atoms. The van der Waals surface area contributed by atoms with Gasteiger partial charge in [-0.2, -0.15) is 13.2 Å². The number of alkyl halides is 3. The van der Waals surface area contributed by atoms with Gasteiger partial charge in [-0.3, -0.25) is 4.98 Å². The van der Waals surface area contributed by atoms with Crippen molar-refractivity contribution in [3.8, 4) is 28.4 Å². The first-order valence-electron chi connectivity index (χ1n) is 16.7. The van der Waals surface area contributed by atoms with E-state index >= 15 is 0 Å². The number of hydrogen-bond acceptors (Lipinski definition) is 6. The van der Waals surface area contributed by atoms with Crippen molar-refractivity contribution in [2.24, 2.45) is 5.92 Å². The fourth-order valence-electron chi connectivity index (χ4n) is 7.19. The van der Waals surface area contributed by atoms with Crippen LogP contribution in [0.3, 0.4) is 0 Å². The molecule has 2 N–H and O–H groups in total. The molecule has 0 saturated carbocycles. The predicted octanol–water partition coefficient (Wildman–Crippen LogP) is 8.99. The van der Waals surface area contributed by atoms with Gasteiger partial charge >= 0.3 is 6.18 Å². The van der Waals surface area contributed by atoms with E-state index in [4.69, 9.17) is 19.6 Å². The predicted molar refractivity (Wildman–Crippen MR) is 185 cm³/mol. The number of fused-ring (bicyclic) bond motifs is 2. The normalized spacial score (nSPS) is 18.8. The number of nitrogens with zero attached hydrogens (tertiary/aromatic N) is 1. The lowest BCUT2D eigenvalue weighted by molar-refractivity contribution is -0.136. The van der Waals surface area contributed by atoms with Crippen LogP contribution < -0.4 is 19.5 Å². The fourth-order valence-corrected chi connectivity index (χ4v) is 7.19. The number of aromatic nitrogens is 1. The van der Waals surface area contributed by atoms with Gasteiger partial charge in [0.05, 0.1) is 23.2 Å². The monoisotopic (exact) mass is 665 g/mol. The van der Waals surface area contributed by atoms with Crippen molar-refractivity contribution in [2.45, 2.75) is 44.3 Å². The van der Waals surface area contributed by atoms with Gasteiger partial charge in [-0.25, -0.2) is 0 Å². The van der Waals surface area contributed by atoms with E-state index in [-0.39, 0.29) is 5.52 Å². The summed E-state index contributed by atoms with van der Waals surface area (Å²) in [6, 6.07) is 27.6. The molecule has 6 nitrogen and oxygen atoms in total. The second-order valence-corrected chi connectivity index (χ2v) is 12.9. The molecular formula is C40H38F3N3O3. The molecule has 49 heavy (non-hydrogen) atoms. The molecule has 7 rings (SSSR count). The van der Waals surface area contributed by atoms with Crippen LogP contribution in [0.1, 0.15) is 48.4 Å². The number of ether oxygens (including phenoxy) is 3. The van der Waals surface area contributed by atoms with Crippen molar-refractivity contribution < 1.29 is 27.4 Å². The van der Waals surface area contributed by atoms with Gasteiger partial charge in [0.15, 0.2) is 11.5 Å². The van der Waals surface area contributed by atoms with Crippen LogP contribution in [0.2, 0.25) is 0 Å². The van der Waals surface area contributed by atoms with Crippen molar-refractivity contribution in [3.63, 3.8) is 0 Å². The zero-order chi connectivity index (χ0) is 34.0. The Morgan fingerprint density at radius 2 is 1.73 bits per heavy atom. The lowest BCUT2D eigenvalue weighted by Crippen LogP contribution is -2.43. The molecular weight excluding hydrogens is 627 g/mol. The third kappa shape index (κ3) is 6.72. The minimum atomic E-state index is -4.51. The molecule has 0 radical (unpaired) electrons. The van der Waals surface area contributed by atoms with Crippen LogP contribution in [0.4, 0.5) is 13.2 Å². The van der Waals surface area contributed by atoms with E-state index < -0.39 is 17.3 Å². The zero-order valence-electron chi connectivity index (χ0n) is 27.3. The number of benzene rings is 4. The molecule has 2 atom stereocenters. The molecule has 0 bridgehead atoms. The van der Waals surface area contributed by atoms with Crippen LogP contribution in [0.15, 0.2) is 97.2 Å². The van der Waals surface area contributed by atoms with Gasteiger partial charge in [0.2, 0.25) is 0 Å². The SMILES string of the molecule is CC(=N)C1(c2ccc3c(c2)OCCO3)CC(CCCOc2ccc(-c3c(Cc4ccccc4)cnc4c(C(F)(F)F)cccc34)cc2)CN1. The molecule has 0 amide bonds. The van der Waals surface area contributed by atoms with Crippen LogP contribution >= 0.6 is 0 Å². The third-order valence-corrected chi connectivity index (χ3v) is 9.65. The van der Waals surface area contributed by atoms with Gasteiger partial charge in [-0.1, -0.05) is 60.7 Å². The van der Waals surface area contributed by atoms with E-state index in [2.05, 4.69) is 10.3 Å². The summed E-state index contributed by atoms with van der Waals surface area (Å²) in [5.74, 6) is 2.55. The lowest BCUT2D eigenvalue weighted by Gasteiger charge is -2.31. The van der Waals surface area contributed by atoms with Crippen molar-refractivity contribution in [1.29, 1.82) is 5.41 Å². The van der Waals surface area contributed by atoms with E-state index in [1.54, 1.807) is 12.3 Å². The second-order valence-electron chi connectivity index (χ2n) is 12.9. The largest absolute Gasteiger partial charge is 0.494 e. The zero-order valence-corrected chi connectivity index (χ0v) is 27.3. The number of hydrogen-bond donors (Lipinski definition) is 2. The first kappa shape index (κ1) is 32.6. The Kier molecular flexibility index (Phi) is 9.03. The van der Waals surface area contributed by atoms with Crippen molar-refractivity contribution in [3.05, 3.63) is 119 Å². The highest BCUT2D eigenvalue weighted by Gasteiger charge is 2.42. The summed E-state index contributed by atoms with van der Waals surface area (Å²) in [6.07, 6.45) is 0.207. The van der Waals surface area contributed by atoms with Gasteiger partial charge in [0.1, 0.15) is 19.0 Å². The quantitative estimate of drug-likeness (QED) is 0.115. The molecule has 252 valence electrons. The molecule has 1 saturated heterocycles. The highest BCUT2D eigenvalue weighted by molar-refractivity contribution is 5.98. The second kappa shape index (κ2) is 13.6. The summed E-state index contributed by atoms with van der Waals surface area (Å²) >= 11 is 0. The maximum absolute atomic E-state index is 13.9. The highest BCUT2D eigenvalue weighted by atomic mass is 19.4. The summed E-state index contributed by atoms with van der Waals surface area (Å²) in [4.78, 5) is 4.31.